The molecule has 0 aliphatic heterocycles. The van der Waals surface area contributed by atoms with Crippen LogP contribution in [-0.2, 0) is 0 Å². The number of halogens is 1. The average molecular weight is 371 g/mol. The fraction of sp³-hybridized carbons (Fsp3) is 0.562. The largest absolute Gasteiger partial charge is 0.352 e. The van der Waals surface area contributed by atoms with E-state index in [-0.39, 0.29) is 5.91 Å². The van der Waals surface area contributed by atoms with Gasteiger partial charge in [-0.2, -0.15) is 0 Å². The third-order valence-electron chi connectivity index (χ3n) is 4.03. The maximum Gasteiger partial charge on any atom is 0.252 e. The lowest BCUT2D eigenvalue weighted by Crippen LogP contribution is -2.32. The molecular weight excluding hydrogens is 349 g/mol. The van der Waals surface area contributed by atoms with E-state index in [0.29, 0.717) is 5.92 Å². The topological polar surface area (TPSA) is 29.1 Å². The van der Waals surface area contributed by atoms with Crippen molar-refractivity contribution in [3.63, 3.8) is 0 Å². The predicted molar refractivity (Wildman–Crippen MR) is 87.4 cm³/mol. The second-order valence-corrected chi connectivity index (χ2v) is 6.86. The predicted octanol–water partition coefficient (Wildman–Crippen LogP) is 4.16. The first-order chi connectivity index (χ1) is 9.08. The molecule has 0 heterocycles. The van der Waals surface area contributed by atoms with Gasteiger partial charge in [0.2, 0.25) is 0 Å². The minimum absolute atomic E-state index is 0.0753. The van der Waals surface area contributed by atoms with Crippen LogP contribution in [0.1, 0.15) is 48.5 Å². The fourth-order valence-corrected chi connectivity index (χ4v) is 3.50. The van der Waals surface area contributed by atoms with E-state index >= 15 is 0 Å². The van der Waals surface area contributed by atoms with Gasteiger partial charge in [-0.15, -0.1) is 0 Å². The Morgan fingerprint density at radius 3 is 2.95 bits per heavy atom. The number of aryl methyl sites for hydroxylation is 1. The highest BCUT2D eigenvalue weighted by Gasteiger charge is 2.20. The standard InChI is InChI=1S/C16H22INO/c1-11-5-3-7-13(9-11)10-18-16(19)14-8-4-6-12(2)15(14)17/h4,6,8,11,13H,3,5,7,9-10H2,1-2H3,(H,18,19). The summed E-state index contributed by atoms with van der Waals surface area (Å²) in [5.74, 6) is 1.55. The Hall–Kier alpha value is -0.580. The van der Waals surface area contributed by atoms with Gasteiger partial charge in [-0.1, -0.05) is 31.9 Å². The minimum Gasteiger partial charge on any atom is -0.352 e. The third kappa shape index (κ3) is 3.94. The summed E-state index contributed by atoms with van der Waals surface area (Å²) in [6.07, 6.45) is 5.17. The SMILES string of the molecule is Cc1cccc(C(=O)NCC2CCCC(C)C2)c1I. The summed E-state index contributed by atoms with van der Waals surface area (Å²) in [6.45, 7) is 5.19. The van der Waals surface area contributed by atoms with Crippen LogP contribution in [-0.4, -0.2) is 12.5 Å². The van der Waals surface area contributed by atoms with Crippen molar-refractivity contribution in [2.45, 2.75) is 39.5 Å². The zero-order valence-corrected chi connectivity index (χ0v) is 13.9. The van der Waals surface area contributed by atoms with Gasteiger partial charge < -0.3 is 5.32 Å². The van der Waals surface area contributed by atoms with Gasteiger partial charge in [0, 0.05) is 10.1 Å². The molecular formula is C16H22INO. The van der Waals surface area contributed by atoms with Crippen LogP contribution in [0, 0.1) is 22.3 Å². The van der Waals surface area contributed by atoms with Crippen molar-refractivity contribution in [2.75, 3.05) is 6.54 Å². The quantitative estimate of drug-likeness (QED) is 0.795. The molecule has 104 valence electrons. The Bertz CT molecular complexity index is 458. The summed E-state index contributed by atoms with van der Waals surface area (Å²) in [7, 11) is 0. The average Bonchev–Trinajstić information content (AvgIpc) is 2.39. The second-order valence-electron chi connectivity index (χ2n) is 5.78. The Balaban J connectivity index is 1.92. The van der Waals surface area contributed by atoms with Gasteiger partial charge in [-0.3, -0.25) is 4.79 Å². The fourth-order valence-electron chi connectivity index (χ4n) is 2.90. The minimum atomic E-state index is 0.0753. The first kappa shape index (κ1) is 14.8. The highest BCUT2D eigenvalue weighted by atomic mass is 127. The van der Waals surface area contributed by atoms with Gasteiger partial charge in [-0.05, 0) is 65.8 Å². The number of nitrogens with one attached hydrogen (secondary N) is 1. The van der Waals surface area contributed by atoms with E-state index in [1.54, 1.807) is 0 Å². The number of rotatable bonds is 3. The van der Waals surface area contributed by atoms with Crippen LogP contribution in [0.2, 0.25) is 0 Å². The lowest BCUT2D eigenvalue weighted by Gasteiger charge is -2.26. The smallest absolute Gasteiger partial charge is 0.252 e. The van der Waals surface area contributed by atoms with Crippen LogP contribution in [0.15, 0.2) is 18.2 Å². The maximum absolute atomic E-state index is 12.2. The molecule has 1 aliphatic rings. The van der Waals surface area contributed by atoms with Gasteiger partial charge >= 0.3 is 0 Å². The second kappa shape index (κ2) is 6.73. The number of carbonyl (C=O) groups excluding carboxylic acids is 1. The van der Waals surface area contributed by atoms with Crippen molar-refractivity contribution in [3.05, 3.63) is 32.9 Å². The molecule has 1 saturated carbocycles. The molecule has 2 unspecified atom stereocenters. The van der Waals surface area contributed by atoms with E-state index in [0.717, 1.165) is 21.6 Å². The van der Waals surface area contributed by atoms with E-state index in [1.165, 1.54) is 31.2 Å². The molecule has 1 N–H and O–H groups in total. The molecule has 0 spiro atoms. The molecule has 0 bridgehead atoms. The van der Waals surface area contributed by atoms with E-state index in [2.05, 4.69) is 34.8 Å². The summed E-state index contributed by atoms with van der Waals surface area (Å²) < 4.78 is 1.06. The molecule has 2 rings (SSSR count). The summed E-state index contributed by atoms with van der Waals surface area (Å²) in [5, 5.41) is 3.11. The normalized spacial score (nSPS) is 23.1. The van der Waals surface area contributed by atoms with E-state index < -0.39 is 0 Å². The number of benzene rings is 1. The zero-order chi connectivity index (χ0) is 13.8. The van der Waals surface area contributed by atoms with Crippen molar-refractivity contribution in [1.82, 2.24) is 5.32 Å². The van der Waals surface area contributed by atoms with Gasteiger partial charge in [0.25, 0.3) is 5.91 Å². The van der Waals surface area contributed by atoms with Crippen molar-refractivity contribution < 1.29 is 4.79 Å². The summed E-state index contributed by atoms with van der Waals surface area (Å²) in [5.41, 5.74) is 1.98. The Kier molecular flexibility index (Phi) is 5.25. The maximum atomic E-state index is 12.2. The molecule has 3 heteroatoms. The first-order valence-corrected chi connectivity index (χ1v) is 8.19. The van der Waals surface area contributed by atoms with Crippen LogP contribution in [0.4, 0.5) is 0 Å². The highest BCUT2D eigenvalue weighted by molar-refractivity contribution is 14.1. The molecule has 0 aromatic heterocycles. The highest BCUT2D eigenvalue weighted by Crippen LogP contribution is 2.28. The Morgan fingerprint density at radius 1 is 1.42 bits per heavy atom. The first-order valence-electron chi connectivity index (χ1n) is 7.11. The van der Waals surface area contributed by atoms with Gasteiger partial charge in [-0.25, -0.2) is 0 Å². The van der Waals surface area contributed by atoms with E-state index in [1.807, 2.05) is 25.1 Å². The lowest BCUT2D eigenvalue weighted by atomic mass is 9.82. The monoisotopic (exact) mass is 371 g/mol. The molecule has 19 heavy (non-hydrogen) atoms. The molecule has 2 nitrogen and oxygen atoms in total. The number of carbonyl (C=O) groups is 1. The Labute approximate surface area is 129 Å². The van der Waals surface area contributed by atoms with Gasteiger partial charge in [0.05, 0.1) is 5.56 Å². The van der Waals surface area contributed by atoms with Crippen molar-refractivity contribution in [2.24, 2.45) is 11.8 Å². The van der Waals surface area contributed by atoms with E-state index in [9.17, 15) is 4.79 Å². The lowest BCUT2D eigenvalue weighted by molar-refractivity contribution is 0.0939. The van der Waals surface area contributed by atoms with Crippen LogP contribution >= 0.6 is 22.6 Å². The number of amides is 1. The molecule has 0 radical (unpaired) electrons. The Morgan fingerprint density at radius 2 is 2.21 bits per heavy atom. The van der Waals surface area contributed by atoms with Gasteiger partial charge in [0.1, 0.15) is 0 Å². The van der Waals surface area contributed by atoms with Crippen molar-refractivity contribution in [1.29, 1.82) is 0 Å². The van der Waals surface area contributed by atoms with Crippen LogP contribution < -0.4 is 5.32 Å². The van der Waals surface area contributed by atoms with Crippen LogP contribution in [0.5, 0.6) is 0 Å². The summed E-state index contributed by atoms with van der Waals surface area (Å²) >= 11 is 2.26. The number of hydrogen-bond donors (Lipinski definition) is 1. The van der Waals surface area contributed by atoms with Crippen LogP contribution in [0.25, 0.3) is 0 Å². The summed E-state index contributed by atoms with van der Waals surface area (Å²) in [6, 6.07) is 5.91. The molecule has 1 aromatic carbocycles. The molecule has 1 aliphatic carbocycles. The van der Waals surface area contributed by atoms with Crippen LogP contribution in [0.3, 0.4) is 0 Å². The van der Waals surface area contributed by atoms with Crippen molar-refractivity contribution in [3.8, 4) is 0 Å². The third-order valence-corrected chi connectivity index (χ3v) is 5.46. The summed E-state index contributed by atoms with van der Waals surface area (Å²) in [4.78, 5) is 12.2. The molecule has 0 saturated heterocycles. The number of hydrogen-bond acceptors (Lipinski definition) is 1. The van der Waals surface area contributed by atoms with Crippen molar-refractivity contribution >= 4 is 28.5 Å². The van der Waals surface area contributed by atoms with Gasteiger partial charge in [0.15, 0.2) is 0 Å². The molecule has 2 atom stereocenters. The zero-order valence-electron chi connectivity index (χ0n) is 11.7. The molecule has 1 amide bonds. The van der Waals surface area contributed by atoms with E-state index in [4.69, 9.17) is 0 Å². The molecule has 1 fully saturated rings. The molecule has 1 aromatic rings.